The Hall–Kier alpha value is -1.92. The number of thiophene rings is 1. The summed E-state index contributed by atoms with van der Waals surface area (Å²) in [6.07, 6.45) is 1.59. The minimum atomic E-state index is 0.535. The second-order valence-electron chi connectivity index (χ2n) is 3.16. The molecule has 0 aromatic carbocycles. The van der Waals surface area contributed by atoms with Crippen LogP contribution in [0.3, 0.4) is 0 Å². The zero-order chi connectivity index (χ0) is 11.0. The van der Waals surface area contributed by atoms with Crippen molar-refractivity contribution in [3.05, 3.63) is 29.8 Å². The van der Waals surface area contributed by atoms with E-state index in [4.69, 9.17) is 10.3 Å². The zero-order valence-electron chi connectivity index (χ0n) is 8.18. The number of nitrogens with one attached hydrogen (secondary N) is 1. The number of nitrogens with zero attached hydrogens (tertiary/aromatic N) is 2. The van der Waals surface area contributed by atoms with Gasteiger partial charge in [-0.3, -0.25) is 0 Å². The molecular formula is C10H8N4OS. The van der Waals surface area contributed by atoms with Crippen LogP contribution in [0.25, 0.3) is 21.8 Å². The molecule has 0 radical (unpaired) electrons. The normalized spacial score (nSPS) is 10.8. The highest BCUT2D eigenvalue weighted by Gasteiger charge is 2.10. The number of nitrogen functional groups attached to an aromatic ring is 1. The van der Waals surface area contributed by atoms with E-state index in [1.165, 1.54) is 11.3 Å². The molecule has 0 saturated carbocycles. The maximum atomic E-state index is 5.43. The molecule has 3 heterocycles. The van der Waals surface area contributed by atoms with Crippen LogP contribution in [0, 0.1) is 0 Å². The lowest BCUT2D eigenvalue weighted by atomic mass is 10.3. The third-order valence-electron chi connectivity index (χ3n) is 2.20. The van der Waals surface area contributed by atoms with E-state index < -0.39 is 0 Å². The highest BCUT2D eigenvalue weighted by molar-refractivity contribution is 7.16. The predicted molar refractivity (Wildman–Crippen MR) is 62.9 cm³/mol. The number of nitrogens with two attached hydrogens (primary N) is 1. The third kappa shape index (κ3) is 1.36. The fraction of sp³-hybridized carbons (Fsp3) is 0. The van der Waals surface area contributed by atoms with E-state index in [0.29, 0.717) is 17.4 Å². The third-order valence-corrected chi connectivity index (χ3v) is 3.01. The number of hydrogen-bond acceptors (Lipinski definition) is 6. The van der Waals surface area contributed by atoms with Crippen molar-refractivity contribution in [3.63, 3.8) is 0 Å². The van der Waals surface area contributed by atoms with E-state index in [0.717, 1.165) is 10.2 Å². The van der Waals surface area contributed by atoms with Gasteiger partial charge in [-0.25, -0.2) is 15.8 Å². The maximum Gasteiger partial charge on any atom is 0.199 e. The van der Waals surface area contributed by atoms with Crippen LogP contribution in [0.1, 0.15) is 0 Å². The molecule has 6 heteroatoms. The van der Waals surface area contributed by atoms with E-state index >= 15 is 0 Å². The predicted octanol–water partition coefficient (Wildman–Crippen LogP) is 2.24. The molecule has 3 aromatic rings. The number of aromatic nitrogens is 2. The number of hydrazine groups is 1. The lowest BCUT2D eigenvalue weighted by Gasteiger charge is -2.02. The molecule has 0 bridgehead atoms. The zero-order valence-corrected chi connectivity index (χ0v) is 8.99. The molecule has 0 spiro atoms. The van der Waals surface area contributed by atoms with Crippen molar-refractivity contribution in [2.75, 3.05) is 5.43 Å². The Labute approximate surface area is 94.9 Å². The van der Waals surface area contributed by atoms with Crippen LogP contribution >= 0.6 is 11.3 Å². The number of hydrogen-bond donors (Lipinski definition) is 2. The molecule has 0 fully saturated rings. The summed E-state index contributed by atoms with van der Waals surface area (Å²) in [6.45, 7) is 0. The smallest absolute Gasteiger partial charge is 0.199 e. The first-order chi connectivity index (χ1) is 7.88. The van der Waals surface area contributed by atoms with Gasteiger partial charge < -0.3 is 9.84 Å². The summed E-state index contributed by atoms with van der Waals surface area (Å²) in [5.41, 5.74) is 2.57. The standard InChI is InChI=1S/C10H8N4OS/c11-14-8-6-3-5-16-10(6)13-9(12-8)7-2-1-4-15-7/h1-5H,11H2,(H,12,13,14). The van der Waals surface area contributed by atoms with Crippen LogP contribution in [0.5, 0.6) is 0 Å². The minimum absolute atomic E-state index is 0.535. The molecule has 0 aliphatic heterocycles. The summed E-state index contributed by atoms with van der Waals surface area (Å²) in [4.78, 5) is 9.59. The van der Waals surface area contributed by atoms with Gasteiger partial charge in [0.1, 0.15) is 4.83 Å². The second kappa shape index (κ2) is 3.58. The first-order valence-electron chi connectivity index (χ1n) is 4.64. The van der Waals surface area contributed by atoms with Gasteiger partial charge in [0.15, 0.2) is 17.4 Å². The molecule has 0 aliphatic carbocycles. The number of rotatable bonds is 2. The van der Waals surface area contributed by atoms with Crippen molar-refractivity contribution >= 4 is 27.4 Å². The van der Waals surface area contributed by atoms with Crippen LogP contribution in [-0.4, -0.2) is 9.97 Å². The van der Waals surface area contributed by atoms with E-state index in [-0.39, 0.29) is 0 Å². The highest BCUT2D eigenvalue weighted by atomic mass is 32.1. The summed E-state index contributed by atoms with van der Waals surface area (Å²) in [6, 6.07) is 5.54. The van der Waals surface area contributed by atoms with Gasteiger partial charge >= 0.3 is 0 Å². The molecule has 0 aliphatic rings. The minimum Gasteiger partial charge on any atom is -0.461 e. The average Bonchev–Trinajstić information content (AvgIpc) is 2.97. The molecule has 3 rings (SSSR count). The van der Waals surface area contributed by atoms with Gasteiger partial charge in [0.25, 0.3) is 0 Å². The molecule has 16 heavy (non-hydrogen) atoms. The van der Waals surface area contributed by atoms with E-state index in [2.05, 4.69) is 15.4 Å². The van der Waals surface area contributed by atoms with Crippen LogP contribution in [0.4, 0.5) is 5.82 Å². The van der Waals surface area contributed by atoms with Crippen molar-refractivity contribution in [1.29, 1.82) is 0 Å². The molecule has 0 atom stereocenters. The second-order valence-corrected chi connectivity index (χ2v) is 4.05. The monoisotopic (exact) mass is 232 g/mol. The molecular weight excluding hydrogens is 224 g/mol. The molecule has 80 valence electrons. The van der Waals surface area contributed by atoms with E-state index in [9.17, 15) is 0 Å². The number of fused-ring (bicyclic) bond motifs is 1. The average molecular weight is 232 g/mol. The molecule has 3 aromatic heterocycles. The Morgan fingerprint density at radius 3 is 3.00 bits per heavy atom. The lowest BCUT2D eigenvalue weighted by Crippen LogP contribution is -2.09. The van der Waals surface area contributed by atoms with Gasteiger partial charge in [-0.1, -0.05) is 0 Å². The summed E-state index contributed by atoms with van der Waals surface area (Å²) < 4.78 is 5.26. The molecule has 0 unspecified atom stereocenters. The van der Waals surface area contributed by atoms with E-state index in [1.807, 2.05) is 17.5 Å². The molecule has 0 saturated heterocycles. The van der Waals surface area contributed by atoms with Gasteiger partial charge in [0, 0.05) is 0 Å². The van der Waals surface area contributed by atoms with Crippen molar-refractivity contribution in [1.82, 2.24) is 9.97 Å². The van der Waals surface area contributed by atoms with Crippen LogP contribution in [0.15, 0.2) is 34.3 Å². The number of anilines is 1. The van der Waals surface area contributed by atoms with Gasteiger partial charge in [-0.05, 0) is 23.6 Å². The molecule has 0 amide bonds. The Morgan fingerprint density at radius 1 is 1.31 bits per heavy atom. The lowest BCUT2D eigenvalue weighted by molar-refractivity contribution is 0.578. The summed E-state index contributed by atoms with van der Waals surface area (Å²) in [7, 11) is 0. The van der Waals surface area contributed by atoms with Crippen molar-refractivity contribution in [2.45, 2.75) is 0 Å². The van der Waals surface area contributed by atoms with Gasteiger partial charge in [-0.15, -0.1) is 11.3 Å². The first-order valence-corrected chi connectivity index (χ1v) is 5.52. The quantitative estimate of drug-likeness (QED) is 0.523. The topological polar surface area (TPSA) is 77.0 Å². The Balaban J connectivity index is 2.27. The molecule has 5 nitrogen and oxygen atoms in total. The summed E-state index contributed by atoms with van der Waals surface area (Å²) >= 11 is 1.54. The van der Waals surface area contributed by atoms with Crippen LogP contribution < -0.4 is 11.3 Å². The van der Waals surface area contributed by atoms with Gasteiger partial charge in [-0.2, -0.15) is 0 Å². The summed E-state index contributed by atoms with van der Waals surface area (Å²) in [5.74, 6) is 7.21. The Morgan fingerprint density at radius 2 is 2.25 bits per heavy atom. The molecule has 3 N–H and O–H groups in total. The van der Waals surface area contributed by atoms with Gasteiger partial charge in [0.05, 0.1) is 11.6 Å². The first kappa shape index (κ1) is 9.32. The van der Waals surface area contributed by atoms with Gasteiger partial charge in [0.2, 0.25) is 0 Å². The SMILES string of the molecule is NNc1nc(-c2ccco2)nc2sccc12. The maximum absolute atomic E-state index is 5.43. The fourth-order valence-electron chi connectivity index (χ4n) is 1.48. The number of furan rings is 1. The van der Waals surface area contributed by atoms with Crippen molar-refractivity contribution < 1.29 is 4.42 Å². The summed E-state index contributed by atoms with van der Waals surface area (Å²) in [5, 5.41) is 2.87. The van der Waals surface area contributed by atoms with Crippen LogP contribution in [0.2, 0.25) is 0 Å². The van der Waals surface area contributed by atoms with Crippen molar-refractivity contribution in [3.8, 4) is 11.6 Å². The van der Waals surface area contributed by atoms with E-state index in [1.54, 1.807) is 12.3 Å². The Bertz CT molecular complexity index is 617. The largest absolute Gasteiger partial charge is 0.461 e. The van der Waals surface area contributed by atoms with Crippen molar-refractivity contribution in [2.24, 2.45) is 5.84 Å². The Kier molecular flexibility index (Phi) is 2.09. The van der Waals surface area contributed by atoms with Crippen LogP contribution in [-0.2, 0) is 0 Å². The fourth-order valence-corrected chi connectivity index (χ4v) is 2.25. The highest BCUT2D eigenvalue weighted by Crippen LogP contribution is 2.27.